The maximum absolute atomic E-state index is 13.7. The summed E-state index contributed by atoms with van der Waals surface area (Å²) in [6.45, 7) is 1.73. The molecular formula is C28H20ClF3N8O. The minimum Gasteiger partial charge on any atom is -0.384 e. The summed E-state index contributed by atoms with van der Waals surface area (Å²) in [5.74, 6) is 5.16. The van der Waals surface area contributed by atoms with Crippen molar-refractivity contribution in [1.29, 1.82) is 0 Å². The van der Waals surface area contributed by atoms with Crippen LogP contribution in [0.4, 0.5) is 30.6 Å². The summed E-state index contributed by atoms with van der Waals surface area (Å²) in [6, 6.07) is 13.9. The number of nitrogens with two attached hydrogens (primary N) is 2. The van der Waals surface area contributed by atoms with Crippen LogP contribution in [0.2, 0.25) is 5.02 Å². The molecule has 1 atom stereocenters. The number of hydrogen-bond donors (Lipinski definition) is 3. The second-order valence-corrected chi connectivity index (χ2v) is 9.24. The van der Waals surface area contributed by atoms with E-state index in [1.54, 1.807) is 49.4 Å². The molecule has 0 amide bonds. The van der Waals surface area contributed by atoms with Gasteiger partial charge in [-0.1, -0.05) is 47.7 Å². The Labute approximate surface area is 236 Å². The van der Waals surface area contributed by atoms with E-state index in [-0.39, 0.29) is 39.0 Å². The van der Waals surface area contributed by atoms with Crippen molar-refractivity contribution in [2.45, 2.75) is 19.1 Å². The Morgan fingerprint density at radius 1 is 1.02 bits per heavy atom. The topological polar surface area (TPSA) is 138 Å². The van der Waals surface area contributed by atoms with Crippen molar-refractivity contribution < 1.29 is 13.2 Å². The molecule has 0 radical (unpaired) electrons. The van der Waals surface area contributed by atoms with E-state index in [2.05, 4.69) is 32.1 Å². The monoisotopic (exact) mass is 576 g/mol. The molecule has 5 rings (SSSR count). The molecule has 5 aromatic rings. The van der Waals surface area contributed by atoms with Crippen molar-refractivity contribution in [3.8, 4) is 17.5 Å². The van der Waals surface area contributed by atoms with Gasteiger partial charge in [-0.3, -0.25) is 9.36 Å². The zero-order chi connectivity index (χ0) is 29.3. The summed E-state index contributed by atoms with van der Waals surface area (Å²) in [4.78, 5) is 30.3. The zero-order valence-electron chi connectivity index (χ0n) is 21.2. The molecule has 1 unspecified atom stereocenters. The van der Waals surface area contributed by atoms with E-state index in [9.17, 15) is 18.0 Å². The van der Waals surface area contributed by atoms with Crippen LogP contribution in [-0.2, 0) is 6.18 Å². The molecule has 0 aliphatic heterocycles. The minimum absolute atomic E-state index is 0.0433. The molecule has 0 saturated heterocycles. The predicted molar refractivity (Wildman–Crippen MR) is 150 cm³/mol. The molecule has 2 aromatic carbocycles. The Balaban J connectivity index is 1.61. The fourth-order valence-corrected chi connectivity index (χ4v) is 4.41. The molecule has 5 N–H and O–H groups in total. The van der Waals surface area contributed by atoms with Gasteiger partial charge in [-0.2, -0.15) is 13.2 Å². The molecule has 9 nitrogen and oxygen atoms in total. The maximum Gasteiger partial charge on any atom is 0.417 e. The van der Waals surface area contributed by atoms with Gasteiger partial charge in [0.25, 0.3) is 5.56 Å². The SMILES string of the molecule is CC(Nc1ncnc(N)c1C#Cc1cnc(N)cc1C(F)(F)F)c1nc2cccc(Cl)c2c(=O)n1-c1ccccc1. The molecule has 0 aliphatic carbocycles. The number of fused-ring (bicyclic) bond motifs is 1. The Bertz CT molecular complexity index is 1900. The van der Waals surface area contributed by atoms with Gasteiger partial charge in [0.15, 0.2) is 0 Å². The maximum atomic E-state index is 13.7. The Hall–Kier alpha value is -5.15. The molecule has 0 bridgehead atoms. The highest BCUT2D eigenvalue weighted by Gasteiger charge is 2.33. The van der Waals surface area contributed by atoms with Gasteiger partial charge in [-0.15, -0.1) is 0 Å². The lowest BCUT2D eigenvalue weighted by Gasteiger charge is -2.21. The van der Waals surface area contributed by atoms with Gasteiger partial charge in [0.2, 0.25) is 0 Å². The number of nitrogens with one attached hydrogen (secondary N) is 1. The van der Waals surface area contributed by atoms with Crippen molar-refractivity contribution in [3.05, 3.63) is 105 Å². The Morgan fingerprint density at radius 3 is 2.51 bits per heavy atom. The number of anilines is 3. The average Bonchev–Trinajstić information content (AvgIpc) is 2.93. The number of nitrogens with zero attached hydrogens (tertiary/aromatic N) is 5. The van der Waals surface area contributed by atoms with E-state index in [1.807, 2.05) is 6.07 Å². The summed E-state index contributed by atoms with van der Waals surface area (Å²) < 4.78 is 42.1. The lowest BCUT2D eigenvalue weighted by Crippen LogP contribution is -2.27. The summed E-state index contributed by atoms with van der Waals surface area (Å²) in [6.07, 6.45) is -2.59. The first-order chi connectivity index (χ1) is 19.5. The normalized spacial score (nSPS) is 12.0. The summed E-state index contributed by atoms with van der Waals surface area (Å²) in [7, 11) is 0. The first-order valence-corrected chi connectivity index (χ1v) is 12.4. The van der Waals surface area contributed by atoms with Crippen LogP contribution in [0.5, 0.6) is 0 Å². The fraction of sp³-hybridized carbons (Fsp3) is 0.107. The van der Waals surface area contributed by atoms with Gasteiger partial charge in [0.1, 0.15) is 35.2 Å². The van der Waals surface area contributed by atoms with E-state index in [0.29, 0.717) is 23.1 Å². The van der Waals surface area contributed by atoms with Crippen LogP contribution in [0.25, 0.3) is 16.6 Å². The standard InChI is InChI=1S/C28H20ClF3N8O/c1-15(26-39-21-9-5-8-20(29)23(21)27(41)40(26)17-6-3-2-4-7-17)38-25-18(24(34)36-14-37-25)11-10-16-13-35-22(33)12-19(16)28(30,31)32/h2-9,12-15H,1H3,(H2,33,35)(H3,34,36,37,38). The van der Waals surface area contributed by atoms with Crippen LogP contribution >= 0.6 is 11.6 Å². The molecule has 206 valence electrons. The van der Waals surface area contributed by atoms with Crippen molar-refractivity contribution in [1.82, 2.24) is 24.5 Å². The number of aromatic nitrogens is 5. The molecule has 41 heavy (non-hydrogen) atoms. The van der Waals surface area contributed by atoms with Gasteiger partial charge in [0.05, 0.1) is 38.8 Å². The molecule has 0 aliphatic rings. The largest absolute Gasteiger partial charge is 0.417 e. The van der Waals surface area contributed by atoms with Crippen LogP contribution in [0.15, 0.2) is 71.9 Å². The van der Waals surface area contributed by atoms with Crippen LogP contribution < -0.4 is 22.3 Å². The Kier molecular flexibility index (Phi) is 7.21. The summed E-state index contributed by atoms with van der Waals surface area (Å²) in [5, 5.41) is 3.64. The van der Waals surface area contributed by atoms with Crippen LogP contribution in [-0.4, -0.2) is 24.5 Å². The first-order valence-electron chi connectivity index (χ1n) is 12.0. The molecule has 0 spiro atoms. The van der Waals surface area contributed by atoms with E-state index in [4.69, 9.17) is 28.1 Å². The van der Waals surface area contributed by atoms with Gasteiger partial charge >= 0.3 is 6.18 Å². The molecule has 3 aromatic heterocycles. The number of alkyl halides is 3. The highest BCUT2D eigenvalue weighted by atomic mass is 35.5. The van der Waals surface area contributed by atoms with Crippen LogP contribution in [0, 0.1) is 11.8 Å². The highest BCUT2D eigenvalue weighted by molar-refractivity contribution is 6.35. The van der Waals surface area contributed by atoms with Crippen molar-refractivity contribution >= 4 is 40.0 Å². The molecule has 13 heteroatoms. The molecule has 0 fully saturated rings. The third kappa shape index (κ3) is 5.48. The highest BCUT2D eigenvalue weighted by Crippen LogP contribution is 2.32. The average molecular weight is 577 g/mol. The van der Waals surface area contributed by atoms with Gasteiger partial charge in [-0.25, -0.2) is 19.9 Å². The van der Waals surface area contributed by atoms with Crippen molar-refractivity contribution in [2.24, 2.45) is 0 Å². The molecule has 0 saturated carbocycles. The smallest absolute Gasteiger partial charge is 0.384 e. The number of nitrogen functional groups attached to an aromatic ring is 2. The zero-order valence-corrected chi connectivity index (χ0v) is 22.0. The first kappa shape index (κ1) is 27.4. The van der Waals surface area contributed by atoms with Gasteiger partial charge in [-0.05, 0) is 37.3 Å². The second-order valence-electron chi connectivity index (χ2n) is 8.83. The number of para-hydroxylation sites is 1. The molecule has 3 heterocycles. The van der Waals surface area contributed by atoms with Crippen LogP contribution in [0.1, 0.15) is 35.5 Å². The van der Waals surface area contributed by atoms with E-state index >= 15 is 0 Å². The number of benzene rings is 2. The Morgan fingerprint density at radius 2 is 1.78 bits per heavy atom. The quantitative estimate of drug-likeness (QED) is 0.255. The number of rotatable bonds is 4. The number of hydrogen-bond acceptors (Lipinski definition) is 8. The summed E-state index contributed by atoms with van der Waals surface area (Å²) in [5.41, 5.74) is 10.7. The lowest BCUT2D eigenvalue weighted by molar-refractivity contribution is -0.137. The van der Waals surface area contributed by atoms with Gasteiger partial charge < -0.3 is 16.8 Å². The minimum atomic E-state index is -4.71. The fourth-order valence-electron chi connectivity index (χ4n) is 4.16. The third-order valence-corrected chi connectivity index (χ3v) is 6.37. The lowest BCUT2D eigenvalue weighted by atomic mass is 10.1. The van der Waals surface area contributed by atoms with E-state index < -0.39 is 23.3 Å². The number of halogens is 4. The van der Waals surface area contributed by atoms with E-state index in [0.717, 1.165) is 6.20 Å². The van der Waals surface area contributed by atoms with E-state index in [1.165, 1.54) is 10.9 Å². The van der Waals surface area contributed by atoms with Crippen molar-refractivity contribution in [2.75, 3.05) is 16.8 Å². The summed E-state index contributed by atoms with van der Waals surface area (Å²) >= 11 is 6.36. The van der Waals surface area contributed by atoms with Crippen molar-refractivity contribution in [3.63, 3.8) is 0 Å². The molecular weight excluding hydrogens is 557 g/mol. The predicted octanol–water partition coefficient (Wildman–Crippen LogP) is 4.98. The number of pyridine rings is 1. The third-order valence-electron chi connectivity index (χ3n) is 6.06. The second kappa shape index (κ2) is 10.8. The van der Waals surface area contributed by atoms with Gasteiger partial charge in [0, 0.05) is 6.20 Å². The van der Waals surface area contributed by atoms with Crippen LogP contribution in [0.3, 0.4) is 0 Å².